The summed E-state index contributed by atoms with van der Waals surface area (Å²) in [7, 11) is 4.05. The van der Waals surface area contributed by atoms with Crippen LogP contribution < -0.4 is 5.32 Å². The maximum absolute atomic E-state index is 4.81. The second-order valence-corrected chi connectivity index (χ2v) is 7.41. The molecule has 3 rings (SSSR count). The molecule has 3 aromatic heterocycles. The zero-order valence-electron chi connectivity index (χ0n) is 18.0. The van der Waals surface area contributed by atoms with Gasteiger partial charge in [0.15, 0.2) is 5.96 Å². The van der Waals surface area contributed by atoms with Gasteiger partial charge in [0.2, 0.25) is 0 Å². The molecular formula is C21H32IN7. The van der Waals surface area contributed by atoms with Crippen LogP contribution in [0.3, 0.4) is 0 Å². The quantitative estimate of drug-likeness (QED) is 0.301. The normalized spacial score (nSPS) is 11.7. The number of imidazole rings is 1. The lowest BCUT2D eigenvalue weighted by molar-refractivity contribution is 0.473. The Morgan fingerprint density at radius 2 is 2.07 bits per heavy atom. The van der Waals surface area contributed by atoms with E-state index in [4.69, 9.17) is 4.99 Å². The first-order valence-electron chi connectivity index (χ1n) is 9.92. The molecule has 3 heterocycles. The highest BCUT2D eigenvalue weighted by molar-refractivity contribution is 14.0. The van der Waals surface area contributed by atoms with Crippen molar-refractivity contribution in [3.8, 4) is 0 Å². The largest absolute Gasteiger partial charge is 0.357 e. The van der Waals surface area contributed by atoms with Crippen molar-refractivity contribution in [3.63, 3.8) is 0 Å². The number of fused-ring (bicyclic) bond motifs is 1. The van der Waals surface area contributed by atoms with E-state index < -0.39 is 0 Å². The van der Waals surface area contributed by atoms with E-state index in [1.54, 1.807) is 0 Å². The van der Waals surface area contributed by atoms with Crippen molar-refractivity contribution in [1.29, 1.82) is 0 Å². The number of rotatable bonds is 7. The van der Waals surface area contributed by atoms with Crippen LogP contribution in [0.5, 0.6) is 0 Å². The number of pyridine rings is 1. The highest BCUT2D eigenvalue weighted by Gasteiger charge is 2.15. The summed E-state index contributed by atoms with van der Waals surface area (Å²) in [5.74, 6) is 1.31. The molecule has 0 saturated carbocycles. The molecule has 0 fully saturated rings. The molecule has 3 aromatic rings. The van der Waals surface area contributed by atoms with Gasteiger partial charge < -0.3 is 14.6 Å². The highest BCUT2D eigenvalue weighted by atomic mass is 127. The number of aliphatic imine (C=N–C) groups is 1. The molecule has 0 unspecified atom stereocenters. The predicted molar refractivity (Wildman–Crippen MR) is 129 cm³/mol. The Balaban J connectivity index is 0.00000300. The van der Waals surface area contributed by atoms with Crippen LogP contribution in [0.25, 0.3) is 5.65 Å². The van der Waals surface area contributed by atoms with Crippen LogP contribution in [0.15, 0.2) is 41.8 Å². The molecule has 0 aliphatic carbocycles. The van der Waals surface area contributed by atoms with Gasteiger partial charge in [-0.3, -0.25) is 9.67 Å². The van der Waals surface area contributed by atoms with E-state index in [-0.39, 0.29) is 24.0 Å². The minimum atomic E-state index is 0. The molecule has 0 aliphatic rings. The molecule has 0 atom stereocenters. The predicted octanol–water partition coefficient (Wildman–Crippen LogP) is 3.45. The highest BCUT2D eigenvalue weighted by Crippen LogP contribution is 2.18. The van der Waals surface area contributed by atoms with Crippen LogP contribution in [0, 0.1) is 0 Å². The summed E-state index contributed by atoms with van der Waals surface area (Å²) in [6.45, 7) is 8.76. The van der Waals surface area contributed by atoms with E-state index in [0.29, 0.717) is 12.5 Å². The maximum Gasteiger partial charge on any atom is 0.193 e. The smallest absolute Gasteiger partial charge is 0.193 e. The lowest BCUT2D eigenvalue weighted by Crippen LogP contribution is -2.38. The SMILES string of the molecule is CCNC(=NCCc1cn2ccccc2n1)N(C)Cc1cn(C)nc1C(C)C.I. The van der Waals surface area contributed by atoms with Gasteiger partial charge in [-0.05, 0) is 25.0 Å². The topological polar surface area (TPSA) is 62.8 Å². The van der Waals surface area contributed by atoms with Crippen molar-refractivity contribution in [2.24, 2.45) is 12.0 Å². The monoisotopic (exact) mass is 509 g/mol. The summed E-state index contributed by atoms with van der Waals surface area (Å²) in [6, 6.07) is 6.04. The maximum atomic E-state index is 4.81. The van der Waals surface area contributed by atoms with Crippen molar-refractivity contribution in [2.75, 3.05) is 20.1 Å². The van der Waals surface area contributed by atoms with Gasteiger partial charge in [0.05, 0.1) is 11.4 Å². The molecule has 0 aliphatic heterocycles. The molecule has 0 saturated heterocycles. The van der Waals surface area contributed by atoms with Crippen LogP contribution in [0.1, 0.15) is 43.6 Å². The summed E-state index contributed by atoms with van der Waals surface area (Å²) >= 11 is 0. The number of aryl methyl sites for hydroxylation is 1. The van der Waals surface area contributed by atoms with E-state index in [1.807, 2.05) is 40.5 Å². The first-order valence-corrected chi connectivity index (χ1v) is 9.92. The average Bonchev–Trinajstić information content (AvgIpc) is 3.23. The van der Waals surface area contributed by atoms with Crippen LogP contribution >= 0.6 is 24.0 Å². The Kier molecular flexibility index (Phi) is 8.48. The zero-order chi connectivity index (χ0) is 20.1. The number of guanidine groups is 1. The molecule has 158 valence electrons. The summed E-state index contributed by atoms with van der Waals surface area (Å²) in [5, 5.41) is 8.00. The molecule has 0 spiro atoms. The fourth-order valence-electron chi connectivity index (χ4n) is 3.35. The van der Waals surface area contributed by atoms with Gasteiger partial charge >= 0.3 is 0 Å². The van der Waals surface area contributed by atoms with Crippen molar-refractivity contribution in [3.05, 3.63) is 53.7 Å². The second-order valence-electron chi connectivity index (χ2n) is 7.41. The van der Waals surface area contributed by atoms with Crippen molar-refractivity contribution in [1.82, 2.24) is 29.4 Å². The molecule has 7 nitrogen and oxygen atoms in total. The van der Waals surface area contributed by atoms with Gasteiger partial charge in [0.25, 0.3) is 0 Å². The summed E-state index contributed by atoms with van der Waals surface area (Å²) in [6.07, 6.45) is 7.01. The third kappa shape index (κ3) is 5.94. The Bertz CT molecular complexity index is 909. The van der Waals surface area contributed by atoms with Gasteiger partial charge in [-0.2, -0.15) is 5.10 Å². The molecule has 0 bridgehead atoms. The van der Waals surface area contributed by atoms with Crippen molar-refractivity contribution in [2.45, 2.75) is 39.7 Å². The minimum Gasteiger partial charge on any atom is -0.357 e. The van der Waals surface area contributed by atoms with Crippen LogP contribution in [0.4, 0.5) is 0 Å². The van der Waals surface area contributed by atoms with Gasteiger partial charge in [-0.15, -0.1) is 24.0 Å². The van der Waals surface area contributed by atoms with E-state index >= 15 is 0 Å². The van der Waals surface area contributed by atoms with Crippen molar-refractivity contribution < 1.29 is 0 Å². The zero-order valence-corrected chi connectivity index (χ0v) is 20.3. The van der Waals surface area contributed by atoms with Gasteiger partial charge in [0, 0.05) is 64.3 Å². The molecule has 8 heteroatoms. The molecule has 0 radical (unpaired) electrons. The third-order valence-corrected chi connectivity index (χ3v) is 4.63. The summed E-state index contributed by atoms with van der Waals surface area (Å²) in [4.78, 5) is 11.6. The summed E-state index contributed by atoms with van der Waals surface area (Å²) < 4.78 is 3.94. The Labute approximate surface area is 190 Å². The number of aromatic nitrogens is 4. The number of hydrogen-bond acceptors (Lipinski definition) is 3. The first kappa shape index (κ1) is 23.2. The van der Waals surface area contributed by atoms with Crippen molar-refractivity contribution >= 4 is 35.6 Å². The Morgan fingerprint density at radius 1 is 1.28 bits per heavy atom. The average molecular weight is 509 g/mol. The second kappa shape index (κ2) is 10.6. The molecule has 1 N–H and O–H groups in total. The molecule has 29 heavy (non-hydrogen) atoms. The molecular weight excluding hydrogens is 477 g/mol. The van der Waals surface area contributed by atoms with Gasteiger partial charge in [-0.1, -0.05) is 19.9 Å². The lowest BCUT2D eigenvalue weighted by atomic mass is 10.1. The minimum absolute atomic E-state index is 0. The van der Waals surface area contributed by atoms with Crippen LogP contribution in [-0.2, 0) is 20.0 Å². The van der Waals surface area contributed by atoms with E-state index in [0.717, 1.165) is 42.5 Å². The van der Waals surface area contributed by atoms with Crippen LogP contribution in [0.2, 0.25) is 0 Å². The Morgan fingerprint density at radius 3 is 2.76 bits per heavy atom. The van der Waals surface area contributed by atoms with Crippen LogP contribution in [-0.4, -0.2) is 50.2 Å². The van der Waals surface area contributed by atoms with E-state index in [1.165, 1.54) is 5.56 Å². The van der Waals surface area contributed by atoms with E-state index in [9.17, 15) is 0 Å². The fraction of sp³-hybridized carbons (Fsp3) is 0.476. The first-order chi connectivity index (χ1) is 13.5. The molecule has 0 amide bonds. The number of halogens is 1. The lowest BCUT2D eigenvalue weighted by Gasteiger charge is -2.22. The Hall–Kier alpha value is -2.10. The van der Waals surface area contributed by atoms with Gasteiger partial charge in [0.1, 0.15) is 5.65 Å². The standard InChI is InChI=1S/C21H31N7.HI/c1-6-22-21(26(4)13-17-14-27(5)25-20(17)16(2)3)23-11-10-18-15-28-12-8-7-9-19(28)24-18;/h7-9,12,14-16H,6,10-11,13H2,1-5H3,(H,22,23);1H. The molecule has 0 aromatic carbocycles. The third-order valence-electron chi connectivity index (χ3n) is 4.63. The number of nitrogens with one attached hydrogen (secondary N) is 1. The number of hydrogen-bond donors (Lipinski definition) is 1. The fourth-order valence-corrected chi connectivity index (χ4v) is 3.35. The number of nitrogens with zero attached hydrogens (tertiary/aromatic N) is 6. The summed E-state index contributed by atoms with van der Waals surface area (Å²) in [5.41, 5.74) is 4.42. The van der Waals surface area contributed by atoms with E-state index in [2.05, 4.69) is 60.5 Å². The van der Waals surface area contributed by atoms with Gasteiger partial charge in [-0.25, -0.2) is 4.98 Å².